The molecule has 0 aliphatic carbocycles. The van der Waals surface area contributed by atoms with E-state index < -0.39 is 0 Å². The molecule has 1 amide bonds. The molecule has 8 nitrogen and oxygen atoms in total. The fourth-order valence-corrected chi connectivity index (χ4v) is 2.93. The second-order valence-electron chi connectivity index (χ2n) is 6.27. The number of benzene rings is 2. The molecule has 2 aromatic carbocycles. The molecule has 0 saturated carbocycles. The molecule has 0 bridgehead atoms. The zero-order valence-electron chi connectivity index (χ0n) is 15.8. The van der Waals surface area contributed by atoms with E-state index in [2.05, 4.69) is 20.6 Å². The van der Waals surface area contributed by atoms with Crippen molar-refractivity contribution in [1.82, 2.24) is 9.97 Å². The Balaban J connectivity index is 1.43. The van der Waals surface area contributed by atoms with Crippen molar-refractivity contribution >= 4 is 17.4 Å². The van der Waals surface area contributed by atoms with Gasteiger partial charge in [-0.25, -0.2) is 9.97 Å². The van der Waals surface area contributed by atoms with Crippen molar-refractivity contribution < 1.29 is 19.0 Å². The van der Waals surface area contributed by atoms with Crippen LogP contribution in [0.25, 0.3) is 0 Å². The van der Waals surface area contributed by atoms with E-state index in [0.29, 0.717) is 42.8 Å². The molecule has 1 aromatic heterocycles. The predicted molar refractivity (Wildman–Crippen MR) is 108 cm³/mol. The molecular formula is C21H20N4O4. The van der Waals surface area contributed by atoms with Gasteiger partial charge < -0.3 is 24.8 Å². The van der Waals surface area contributed by atoms with Gasteiger partial charge in [0.1, 0.15) is 36.8 Å². The minimum atomic E-state index is -0.343. The summed E-state index contributed by atoms with van der Waals surface area (Å²) < 4.78 is 16.4. The van der Waals surface area contributed by atoms with E-state index >= 15 is 0 Å². The molecule has 0 fully saturated rings. The highest BCUT2D eigenvalue weighted by Gasteiger charge is 2.14. The monoisotopic (exact) mass is 392 g/mol. The van der Waals surface area contributed by atoms with Gasteiger partial charge in [0, 0.05) is 29.9 Å². The molecule has 0 unspecified atom stereocenters. The topological polar surface area (TPSA) is 94.6 Å². The van der Waals surface area contributed by atoms with E-state index in [-0.39, 0.29) is 11.6 Å². The number of carbonyl (C=O) groups is 1. The van der Waals surface area contributed by atoms with Gasteiger partial charge in [0.25, 0.3) is 5.91 Å². The fourth-order valence-electron chi connectivity index (χ4n) is 2.93. The number of para-hydroxylation sites is 1. The first-order valence-corrected chi connectivity index (χ1v) is 9.12. The maximum absolute atomic E-state index is 12.6. The predicted octanol–water partition coefficient (Wildman–Crippen LogP) is 3.12. The number of aromatic nitrogens is 2. The Labute approximate surface area is 167 Å². The van der Waals surface area contributed by atoms with Crippen molar-refractivity contribution in [1.29, 1.82) is 0 Å². The molecule has 29 heavy (non-hydrogen) atoms. The highest BCUT2D eigenvalue weighted by atomic mass is 16.6. The first kappa shape index (κ1) is 18.5. The zero-order valence-corrected chi connectivity index (χ0v) is 15.8. The number of nitrogens with zero attached hydrogens (tertiary/aromatic N) is 2. The average Bonchev–Trinajstić information content (AvgIpc) is 2.78. The van der Waals surface area contributed by atoms with Gasteiger partial charge in [0.05, 0.1) is 7.11 Å². The van der Waals surface area contributed by atoms with Crippen molar-refractivity contribution in [2.24, 2.45) is 0 Å². The summed E-state index contributed by atoms with van der Waals surface area (Å²) >= 11 is 0. The molecule has 0 saturated heterocycles. The Morgan fingerprint density at radius 2 is 1.90 bits per heavy atom. The first-order valence-electron chi connectivity index (χ1n) is 9.12. The molecule has 3 aromatic rings. The van der Waals surface area contributed by atoms with Gasteiger partial charge in [0.2, 0.25) is 0 Å². The maximum atomic E-state index is 12.6. The Bertz CT molecular complexity index is 1030. The van der Waals surface area contributed by atoms with Crippen LogP contribution < -0.4 is 24.8 Å². The summed E-state index contributed by atoms with van der Waals surface area (Å²) in [6.07, 6.45) is 1.35. The lowest BCUT2D eigenvalue weighted by Gasteiger charge is -2.19. The molecular weight excluding hydrogens is 372 g/mol. The molecule has 2 heterocycles. The smallest absolute Gasteiger partial charge is 0.274 e. The van der Waals surface area contributed by atoms with Crippen LogP contribution in [0.15, 0.2) is 54.9 Å². The lowest BCUT2D eigenvalue weighted by Crippen LogP contribution is -2.17. The van der Waals surface area contributed by atoms with Gasteiger partial charge >= 0.3 is 0 Å². The van der Waals surface area contributed by atoms with Crippen LogP contribution in [-0.2, 0) is 6.54 Å². The highest BCUT2D eigenvalue weighted by molar-refractivity contribution is 6.03. The highest BCUT2D eigenvalue weighted by Crippen LogP contribution is 2.32. The van der Waals surface area contributed by atoms with E-state index in [1.165, 1.54) is 6.33 Å². The number of carbonyl (C=O) groups excluding carboxylic acids is 1. The quantitative estimate of drug-likeness (QED) is 0.665. The number of hydrogen-bond acceptors (Lipinski definition) is 7. The van der Waals surface area contributed by atoms with Crippen LogP contribution in [0.5, 0.6) is 17.2 Å². The third-order valence-electron chi connectivity index (χ3n) is 4.35. The van der Waals surface area contributed by atoms with Crippen molar-refractivity contribution in [2.75, 3.05) is 31.0 Å². The van der Waals surface area contributed by atoms with E-state index in [4.69, 9.17) is 14.2 Å². The fraction of sp³-hybridized carbons (Fsp3) is 0.190. The van der Waals surface area contributed by atoms with Gasteiger partial charge in [-0.05, 0) is 18.2 Å². The Hall–Kier alpha value is -3.81. The Kier molecular flexibility index (Phi) is 5.42. The van der Waals surface area contributed by atoms with Crippen LogP contribution in [0.1, 0.15) is 16.1 Å². The van der Waals surface area contributed by atoms with Crippen molar-refractivity contribution in [3.05, 3.63) is 66.1 Å². The summed E-state index contributed by atoms with van der Waals surface area (Å²) in [5.74, 6) is 2.25. The van der Waals surface area contributed by atoms with Crippen molar-refractivity contribution in [3.63, 3.8) is 0 Å². The van der Waals surface area contributed by atoms with Crippen LogP contribution in [0.2, 0.25) is 0 Å². The molecule has 0 spiro atoms. The van der Waals surface area contributed by atoms with Gasteiger partial charge in [-0.15, -0.1) is 0 Å². The summed E-state index contributed by atoms with van der Waals surface area (Å²) in [4.78, 5) is 20.8. The van der Waals surface area contributed by atoms with Crippen molar-refractivity contribution in [2.45, 2.75) is 6.54 Å². The number of ether oxygens (including phenoxy) is 3. The van der Waals surface area contributed by atoms with Gasteiger partial charge in [-0.2, -0.15) is 0 Å². The standard InChI is InChI=1S/C21H20N4O4/c1-27-17-5-3-2-4-14(17)12-22-20-11-16(23-13-24-20)21(26)25-15-6-7-18-19(10-15)29-9-8-28-18/h2-7,10-11,13H,8-9,12H2,1H3,(H,25,26)(H,22,23,24). The summed E-state index contributed by atoms with van der Waals surface area (Å²) in [7, 11) is 1.63. The van der Waals surface area contributed by atoms with E-state index in [9.17, 15) is 4.79 Å². The summed E-state index contributed by atoms with van der Waals surface area (Å²) in [6, 6.07) is 14.6. The number of nitrogens with one attached hydrogen (secondary N) is 2. The molecule has 0 atom stereocenters. The molecule has 8 heteroatoms. The van der Waals surface area contributed by atoms with E-state index in [1.54, 1.807) is 31.4 Å². The molecule has 4 rings (SSSR count). The summed E-state index contributed by atoms with van der Waals surface area (Å²) in [5, 5.41) is 6.00. The minimum absolute atomic E-state index is 0.248. The number of hydrogen-bond donors (Lipinski definition) is 2. The second-order valence-corrected chi connectivity index (χ2v) is 6.27. The van der Waals surface area contributed by atoms with Crippen LogP contribution in [0.4, 0.5) is 11.5 Å². The lowest BCUT2D eigenvalue weighted by molar-refractivity contribution is 0.102. The Morgan fingerprint density at radius 1 is 1.07 bits per heavy atom. The SMILES string of the molecule is COc1ccccc1CNc1cc(C(=O)Nc2ccc3c(c2)OCCO3)ncn1. The molecule has 1 aliphatic rings. The third kappa shape index (κ3) is 4.37. The van der Waals surface area contributed by atoms with E-state index in [0.717, 1.165) is 11.3 Å². The van der Waals surface area contributed by atoms with Gasteiger partial charge in [-0.3, -0.25) is 4.79 Å². The number of fused-ring (bicyclic) bond motifs is 1. The average molecular weight is 392 g/mol. The maximum Gasteiger partial charge on any atom is 0.274 e. The molecule has 1 aliphatic heterocycles. The number of amides is 1. The number of anilines is 2. The lowest BCUT2D eigenvalue weighted by atomic mass is 10.2. The molecule has 148 valence electrons. The largest absolute Gasteiger partial charge is 0.496 e. The Morgan fingerprint density at radius 3 is 2.76 bits per heavy atom. The van der Waals surface area contributed by atoms with Crippen LogP contribution in [0.3, 0.4) is 0 Å². The van der Waals surface area contributed by atoms with Gasteiger partial charge in [0.15, 0.2) is 11.5 Å². The zero-order chi connectivity index (χ0) is 20.1. The summed E-state index contributed by atoms with van der Waals surface area (Å²) in [5.41, 5.74) is 1.83. The molecule has 2 N–H and O–H groups in total. The van der Waals surface area contributed by atoms with Gasteiger partial charge in [-0.1, -0.05) is 18.2 Å². The first-order chi connectivity index (χ1) is 14.2. The third-order valence-corrected chi connectivity index (χ3v) is 4.35. The second kappa shape index (κ2) is 8.47. The number of methoxy groups -OCH3 is 1. The minimum Gasteiger partial charge on any atom is -0.496 e. The number of rotatable bonds is 6. The van der Waals surface area contributed by atoms with Crippen molar-refractivity contribution in [3.8, 4) is 17.2 Å². The van der Waals surface area contributed by atoms with Crippen LogP contribution in [-0.4, -0.2) is 36.2 Å². The normalized spacial score (nSPS) is 12.2. The molecule has 0 radical (unpaired) electrons. The summed E-state index contributed by atoms with van der Waals surface area (Å²) in [6.45, 7) is 1.51. The van der Waals surface area contributed by atoms with Crippen LogP contribution in [0, 0.1) is 0 Å². The van der Waals surface area contributed by atoms with E-state index in [1.807, 2.05) is 24.3 Å². The van der Waals surface area contributed by atoms with Crippen LogP contribution >= 0.6 is 0 Å².